The second-order valence-electron chi connectivity index (χ2n) is 7.38. The van der Waals surface area contributed by atoms with Crippen LogP contribution in [0.1, 0.15) is 22.3 Å². The van der Waals surface area contributed by atoms with Gasteiger partial charge in [0, 0.05) is 0 Å². The summed E-state index contributed by atoms with van der Waals surface area (Å²) >= 11 is 17.4. The normalized spacial score (nSPS) is 11.4. The zero-order valence-corrected chi connectivity index (χ0v) is 21.0. The van der Waals surface area contributed by atoms with Crippen LogP contribution in [0.3, 0.4) is 0 Å². The molecule has 2 aromatic carbocycles. The summed E-state index contributed by atoms with van der Waals surface area (Å²) < 4.78 is 77.4. The highest BCUT2D eigenvalue weighted by Gasteiger charge is 2.33. The zero-order valence-electron chi connectivity index (χ0n) is 18.8. The molecule has 0 radical (unpaired) electrons. The van der Waals surface area contributed by atoms with Gasteiger partial charge in [-0.3, -0.25) is 0 Å². The van der Waals surface area contributed by atoms with Crippen LogP contribution in [0.5, 0.6) is 0 Å². The summed E-state index contributed by atoms with van der Waals surface area (Å²) in [6, 6.07) is 7.83. The standard InChI is InChI=1S/C11H5Cl2F3N4.C11H6ClF3N4/c12-7-1-6(11(14,15)16)2-8(13)9(7)20-10(18)5(3-17)4-19-20;12-8-3-7(11(13,14)15)1-2-9(8)19-10(17)6(4-16)5-18-19/h1-2,4H,18H2;1-3,5H,17H2. The average molecular weight is 608 g/mol. The van der Waals surface area contributed by atoms with Gasteiger partial charge in [0.15, 0.2) is 0 Å². The van der Waals surface area contributed by atoms with E-state index in [0.29, 0.717) is 0 Å². The molecule has 0 unspecified atom stereocenters. The van der Waals surface area contributed by atoms with Crippen molar-refractivity contribution in [1.29, 1.82) is 10.5 Å². The Morgan fingerprint density at radius 2 is 1.13 bits per heavy atom. The second-order valence-corrected chi connectivity index (χ2v) is 8.61. The van der Waals surface area contributed by atoms with Gasteiger partial charge >= 0.3 is 12.4 Å². The van der Waals surface area contributed by atoms with Crippen LogP contribution in [-0.4, -0.2) is 19.6 Å². The Morgan fingerprint density at radius 3 is 1.54 bits per heavy atom. The fourth-order valence-electron chi connectivity index (χ4n) is 3.04. The van der Waals surface area contributed by atoms with Gasteiger partial charge in [-0.2, -0.15) is 47.1 Å². The van der Waals surface area contributed by atoms with Gasteiger partial charge in [-0.05, 0) is 30.3 Å². The van der Waals surface area contributed by atoms with Crippen LogP contribution in [0.4, 0.5) is 38.0 Å². The van der Waals surface area contributed by atoms with Crippen LogP contribution in [-0.2, 0) is 12.4 Å². The highest BCUT2D eigenvalue weighted by atomic mass is 35.5. The predicted octanol–water partition coefficient (Wildman–Crippen LogP) is 6.65. The lowest BCUT2D eigenvalue weighted by Crippen LogP contribution is -2.08. The Kier molecular flexibility index (Phi) is 8.26. The number of hydrogen-bond donors (Lipinski definition) is 2. The maximum absolute atomic E-state index is 12.6. The van der Waals surface area contributed by atoms with E-state index >= 15 is 0 Å². The van der Waals surface area contributed by atoms with Crippen LogP contribution in [0.25, 0.3) is 11.4 Å². The molecule has 0 aliphatic heterocycles. The highest BCUT2D eigenvalue weighted by Crippen LogP contribution is 2.38. The summed E-state index contributed by atoms with van der Waals surface area (Å²) in [5, 5.41) is 24.4. The van der Waals surface area contributed by atoms with Crippen LogP contribution in [0.2, 0.25) is 15.1 Å². The summed E-state index contributed by atoms with van der Waals surface area (Å²) in [5.41, 5.74) is 9.78. The number of hydrogen-bond acceptors (Lipinski definition) is 6. The van der Waals surface area contributed by atoms with E-state index < -0.39 is 23.5 Å². The molecule has 2 heterocycles. The number of rotatable bonds is 2. The van der Waals surface area contributed by atoms with E-state index in [-0.39, 0.29) is 49.2 Å². The second kappa shape index (κ2) is 10.9. The molecule has 0 saturated heterocycles. The summed E-state index contributed by atoms with van der Waals surface area (Å²) in [4.78, 5) is 0. The molecule has 0 saturated carbocycles. The molecule has 0 aliphatic carbocycles. The van der Waals surface area contributed by atoms with Gasteiger partial charge in [-0.25, -0.2) is 9.36 Å². The molecule has 202 valence electrons. The average Bonchev–Trinajstić information content (AvgIpc) is 3.39. The minimum absolute atomic E-state index is 0.0136. The summed E-state index contributed by atoms with van der Waals surface area (Å²) in [7, 11) is 0. The van der Waals surface area contributed by atoms with Crippen molar-refractivity contribution < 1.29 is 26.3 Å². The lowest BCUT2D eigenvalue weighted by atomic mass is 10.2. The molecule has 4 N–H and O–H groups in total. The fraction of sp³-hybridized carbons (Fsp3) is 0.0909. The van der Waals surface area contributed by atoms with Crippen molar-refractivity contribution in [1.82, 2.24) is 19.6 Å². The van der Waals surface area contributed by atoms with Gasteiger partial charge in [0.2, 0.25) is 0 Å². The number of nitrogens with two attached hydrogens (primary N) is 2. The first kappa shape index (κ1) is 29.4. The van der Waals surface area contributed by atoms with Crippen molar-refractivity contribution in [3.63, 3.8) is 0 Å². The van der Waals surface area contributed by atoms with Gasteiger partial charge in [-0.15, -0.1) is 0 Å². The SMILES string of the molecule is N#Cc1cnn(-c2c(Cl)cc(C(F)(F)F)cc2Cl)c1N.N#Cc1cnn(-c2ccc(C(F)(F)F)cc2Cl)c1N. The third kappa shape index (κ3) is 6.15. The first-order valence-electron chi connectivity index (χ1n) is 10.0. The molecule has 39 heavy (non-hydrogen) atoms. The largest absolute Gasteiger partial charge is 0.416 e. The van der Waals surface area contributed by atoms with Crippen molar-refractivity contribution in [3.8, 4) is 23.5 Å². The monoisotopic (exact) mass is 606 g/mol. The first-order valence-corrected chi connectivity index (χ1v) is 11.1. The van der Waals surface area contributed by atoms with Crippen LogP contribution in [0, 0.1) is 22.7 Å². The quantitative estimate of drug-likeness (QED) is 0.245. The number of nitrogens with zero attached hydrogens (tertiary/aromatic N) is 6. The molecular formula is C22H11Cl3F6N8. The van der Waals surface area contributed by atoms with E-state index in [0.717, 1.165) is 39.7 Å². The molecule has 17 heteroatoms. The molecule has 0 bridgehead atoms. The van der Waals surface area contributed by atoms with Gasteiger partial charge in [0.1, 0.15) is 40.6 Å². The summed E-state index contributed by atoms with van der Waals surface area (Å²) in [6.45, 7) is 0. The number of halogens is 9. The smallest absolute Gasteiger partial charge is 0.382 e. The van der Waals surface area contributed by atoms with Crippen LogP contribution in [0.15, 0.2) is 42.7 Å². The maximum Gasteiger partial charge on any atom is 0.416 e. The molecule has 4 aromatic rings. The third-order valence-corrected chi connectivity index (χ3v) is 5.79. The zero-order chi connectivity index (χ0) is 29.3. The molecular weight excluding hydrogens is 597 g/mol. The van der Waals surface area contributed by atoms with Crippen molar-refractivity contribution in [2.45, 2.75) is 12.4 Å². The Bertz CT molecular complexity index is 1600. The number of aromatic nitrogens is 4. The van der Waals surface area contributed by atoms with Gasteiger partial charge in [0.25, 0.3) is 0 Å². The number of alkyl halides is 6. The van der Waals surface area contributed by atoms with E-state index in [2.05, 4.69) is 10.2 Å². The lowest BCUT2D eigenvalue weighted by Gasteiger charge is -2.13. The lowest BCUT2D eigenvalue weighted by molar-refractivity contribution is -0.138. The molecule has 0 aliphatic rings. The van der Waals surface area contributed by atoms with Crippen molar-refractivity contribution in [3.05, 3.63) is 80.0 Å². The Hall–Kier alpha value is -4.11. The highest BCUT2D eigenvalue weighted by molar-refractivity contribution is 6.38. The fourth-order valence-corrected chi connectivity index (χ4v) is 3.95. The van der Waals surface area contributed by atoms with Crippen LogP contribution >= 0.6 is 34.8 Å². The molecule has 0 amide bonds. The van der Waals surface area contributed by atoms with E-state index in [1.54, 1.807) is 6.07 Å². The first-order chi connectivity index (χ1) is 18.1. The maximum atomic E-state index is 12.6. The molecule has 0 fully saturated rings. The molecule has 2 aromatic heterocycles. The van der Waals surface area contributed by atoms with Gasteiger partial charge < -0.3 is 11.5 Å². The van der Waals surface area contributed by atoms with Crippen LogP contribution < -0.4 is 11.5 Å². The number of anilines is 2. The molecule has 4 rings (SSSR count). The molecule has 0 atom stereocenters. The number of nitrogen functional groups attached to an aromatic ring is 2. The predicted molar refractivity (Wildman–Crippen MR) is 130 cm³/mol. The van der Waals surface area contributed by atoms with E-state index in [1.165, 1.54) is 12.4 Å². The van der Waals surface area contributed by atoms with Crippen molar-refractivity contribution >= 4 is 46.4 Å². The molecule has 0 spiro atoms. The summed E-state index contributed by atoms with van der Waals surface area (Å²) in [6.07, 6.45) is -6.67. The van der Waals surface area contributed by atoms with E-state index in [1.807, 2.05) is 6.07 Å². The Labute approximate surface area is 230 Å². The Balaban J connectivity index is 0.000000216. The van der Waals surface area contributed by atoms with Crippen molar-refractivity contribution in [2.75, 3.05) is 11.5 Å². The van der Waals surface area contributed by atoms with Crippen molar-refractivity contribution in [2.24, 2.45) is 0 Å². The van der Waals surface area contributed by atoms with Gasteiger partial charge in [0.05, 0.1) is 44.3 Å². The third-order valence-electron chi connectivity index (χ3n) is 4.91. The van der Waals surface area contributed by atoms with E-state index in [4.69, 9.17) is 56.8 Å². The summed E-state index contributed by atoms with van der Waals surface area (Å²) in [5.74, 6) is -0.0415. The molecule has 8 nitrogen and oxygen atoms in total. The minimum Gasteiger partial charge on any atom is -0.382 e. The minimum atomic E-state index is -4.57. The Morgan fingerprint density at radius 1 is 0.692 bits per heavy atom. The number of benzene rings is 2. The topological polar surface area (TPSA) is 135 Å². The van der Waals surface area contributed by atoms with Gasteiger partial charge in [-0.1, -0.05) is 34.8 Å². The van der Waals surface area contributed by atoms with E-state index in [9.17, 15) is 26.3 Å². The number of nitriles is 2.